The molecule has 4 heteroatoms. The van der Waals surface area contributed by atoms with Crippen molar-refractivity contribution in [3.8, 4) is 5.75 Å². The van der Waals surface area contributed by atoms with Crippen LogP contribution in [0, 0.1) is 10.1 Å². The van der Waals surface area contributed by atoms with Gasteiger partial charge in [0.1, 0.15) is 5.75 Å². The first kappa shape index (κ1) is 10.5. The first-order valence-corrected chi connectivity index (χ1v) is 4.39. The number of hydrogen-bond acceptors (Lipinski definition) is 3. The van der Waals surface area contributed by atoms with Gasteiger partial charge < -0.3 is 4.74 Å². The molecule has 4 nitrogen and oxygen atoms in total. The van der Waals surface area contributed by atoms with E-state index in [1.54, 1.807) is 7.11 Å². The molecule has 0 amide bonds. The molecule has 0 bridgehead atoms. The summed E-state index contributed by atoms with van der Waals surface area (Å²) < 4.78 is 5.04. The summed E-state index contributed by atoms with van der Waals surface area (Å²) in [7, 11) is 1.58. The molecule has 0 saturated heterocycles. The Balaban J connectivity index is 2.78. The molecule has 0 saturated carbocycles. The summed E-state index contributed by atoms with van der Waals surface area (Å²) in [5.74, 6) is 0.651. The first-order chi connectivity index (χ1) is 6.63. The van der Waals surface area contributed by atoms with E-state index in [0.717, 1.165) is 11.3 Å². The number of ether oxygens (including phenoxy) is 1. The molecule has 1 aromatic carbocycles. The van der Waals surface area contributed by atoms with E-state index in [0.29, 0.717) is 0 Å². The lowest BCUT2D eigenvalue weighted by atomic mass is 10.0. The molecule has 0 N–H and O–H groups in total. The maximum absolute atomic E-state index is 10.3. The maximum atomic E-state index is 10.3. The van der Waals surface area contributed by atoms with Crippen LogP contribution >= 0.6 is 0 Å². The molecular weight excluding hydrogens is 182 g/mol. The van der Waals surface area contributed by atoms with Crippen LogP contribution < -0.4 is 4.74 Å². The van der Waals surface area contributed by atoms with E-state index in [1.807, 2.05) is 31.2 Å². The fraction of sp³-hybridized carbons (Fsp3) is 0.400. The number of benzene rings is 1. The smallest absolute Gasteiger partial charge is 0.210 e. The van der Waals surface area contributed by atoms with Crippen molar-refractivity contribution in [3.63, 3.8) is 0 Å². The number of hydrogen-bond donors (Lipinski definition) is 0. The average Bonchev–Trinajstić information content (AvgIpc) is 2.17. The number of methoxy groups -OCH3 is 1. The molecule has 0 unspecified atom stereocenters. The Morgan fingerprint density at radius 2 is 2.29 bits per heavy atom. The molecule has 0 fully saturated rings. The topological polar surface area (TPSA) is 52.4 Å². The van der Waals surface area contributed by atoms with E-state index in [2.05, 4.69) is 0 Å². The van der Waals surface area contributed by atoms with Crippen LogP contribution in [0.2, 0.25) is 0 Å². The van der Waals surface area contributed by atoms with Crippen LogP contribution in [0.4, 0.5) is 0 Å². The van der Waals surface area contributed by atoms with Crippen LogP contribution in [0.15, 0.2) is 24.3 Å². The van der Waals surface area contributed by atoms with Gasteiger partial charge in [0.05, 0.1) is 7.11 Å². The Morgan fingerprint density at radius 3 is 2.86 bits per heavy atom. The van der Waals surface area contributed by atoms with E-state index in [1.165, 1.54) is 0 Å². The van der Waals surface area contributed by atoms with Crippen LogP contribution in [-0.4, -0.2) is 18.6 Å². The largest absolute Gasteiger partial charge is 0.497 e. The quantitative estimate of drug-likeness (QED) is 0.546. The summed E-state index contributed by atoms with van der Waals surface area (Å²) in [6.07, 6.45) is 0. The molecule has 0 heterocycles. The van der Waals surface area contributed by atoms with Crippen molar-refractivity contribution in [2.45, 2.75) is 12.8 Å². The van der Waals surface area contributed by atoms with Crippen molar-refractivity contribution in [2.24, 2.45) is 0 Å². The Kier molecular flexibility index (Phi) is 3.45. The molecule has 0 spiro atoms. The van der Waals surface area contributed by atoms with Crippen LogP contribution in [0.3, 0.4) is 0 Å². The highest BCUT2D eigenvalue weighted by Crippen LogP contribution is 2.20. The summed E-state index contributed by atoms with van der Waals surface area (Å²) in [4.78, 5) is 10.0. The molecule has 1 atom stereocenters. The minimum Gasteiger partial charge on any atom is -0.497 e. The maximum Gasteiger partial charge on any atom is 0.210 e. The van der Waals surface area contributed by atoms with Gasteiger partial charge in [-0.05, 0) is 17.7 Å². The second kappa shape index (κ2) is 4.60. The van der Waals surface area contributed by atoms with Crippen molar-refractivity contribution in [1.29, 1.82) is 0 Å². The lowest BCUT2D eigenvalue weighted by Crippen LogP contribution is -2.09. The van der Waals surface area contributed by atoms with Crippen molar-refractivity contribution in [2.75, 3.05) is 13.7 Å². The Hall–Kier alpha value is -1.58. The van der Waals surface area contributed by atoms with E-state index >= 15 is 0 Å². The van der Waals surface area contributed by atoms with Gasteiger partial charge in [-0.25, -0.2) is 0 Å². The minimum atomic E-state index is -0.301. The van der Waals surface area contributed by atoms with Gasteiger partial charge in [0.15, 0.2) is 0 Å². The van der Waals surface area contributed by atoms with Crippen molar-refractivity contribution >= 4 is 0 Å². The zero-order valence-electron chi connectivity index (χ0n) is 8.27. The van der Waals surface area contributed by atoms with E-state index in [9.17, 15) is 10.1 Å². The van der Waals surface area contributed by atoms with Gasteiger partial charge in [-0.2, -0.15) is 0 Å². The third-order valence-electron chi connectivity index (χ3n) is 2.09. The van der Waals surface area contributed by atoms with Crippen LogP contribution in [0.1, 0.15) is 18.4 Å². The third-order valence-corrected chi connectivity index (χ3v) is 2.09. The van der Waals surface area contributed by atoms with Gasteiger partial charge in [-0.3, -0.25) is 10.1 Å². The standard InChI is InChI=1S/C10H13NO3/c1-8(7-11(12)13)9-4-3-5-10(6-9)14-2/h3-6,8H,7H2,1-2H3/t8-/m1/s1. The Labute approximate surface area is 82.7 Å². The van der Waals surface area contributed by atoms with Crippen molar-refractivity contribution in [3.05, 3.63) is 39.9 Å². The van der Waals surface area contributed by atoms with Crippen LogP contribution in [-0.2, 0) is 0 Å². The molecule has 0 radical (unpaired) electrons. The lowest BCUT2D eigenvalue weighted by Gasteiger charge is -2.08. The molecule has 0 aliphatic carbocycles. The van der Waals surface area contributed by atoms with Gasteiger partial charge in [-0.15, -0.1) is 0 Å². The van der Waals surface area contributed by atoms with Gasteiger partial charge >= 0.3 is 0 Å². The Morgan fingerprint density at radius 1 is 1.57 bits per heavy atom. The summed E-state index contributed by atoms with van der Waals surface area (Å²) in [5.41, 5.74) is 0.932. The number of rotatable bonds is 4. The second-order valence-electron chi connectivity index (χ2n) is 3.19. The summed E-state index contributed by atoms with van der Waals surface area (Å²) in [5, 5.41) is 10.3. The van der Waals surface area contributed by atoms with Gasteiger partial charge in [0.2, 0.25) is 6.54 Å². The normalized spacial score (nSPS) is 12.1. The predicted molar refractivity (Wildman–Crippen MR) is 53.3 cm³/mol. The summed E-state index contributed by atoms with van der Waals surface area (Å²) in [6.45, 7) is 1.78. The molecule has 1 rings (SSSR count). The van der Waals surface area contributed by atoms with Gasteiger partial charge in [0, 0.05) is 10.8 Å². The first-order valence-electron chi connectivity index (χ1n) is 4.39. The minimum absolute atomic E-state index is 0.0484. The SMILES string of the molecule is COc1cccc([C@H](C)C[N+](=O)[O-])c1. The second-order valence-corrected chi connectivity index (χ2v) is 3.19. The molecule has 76 valence electrons. The zero-order chi connectivity index (χ0) is 10.6. The van der Waals surface area contributed by atoms with Gasteiger partial charge in [-0.1, -0.05) is 19.1 Å². The monoisotopic (exact) mass is 195 g/mol. The van der Waals surface area contributed by atoms with E-state index in [4.69, 9.17) is 4.74 Å². The average molecular weight is 195 g/mol. The molecule has 1 aromatic rings. The fourth-order valence-electron chi connectivity index (χ4n) is 1.28. The van der Waals surface area contributed by atoms with Crippen molar-refractivity contribution in [1.82, 2.24) is 0 Å². The molecule has 0 aromatic heterocycles. The van der Waals surface area contributed by atoms with E-state index < -0.39 is 0 Å². The van der Waals surface area contributed by atoms with E-state index in [-0.39, 0.29) is 17.4 Å². The van der Waals surface area contributed by atoms with Crippen molar-refractivity contribution < 1.29 is 9.66 Å². The zero-order valence-corrected chi connectivity index (χ0v) is 8.27. The highest BCUT2D eigenvalue weighted by atomic mass is 16.6. The number of nitro groups is 1. The molecule has 0 aliphatic heterocycles. The highest BCUT2D eigenvalue weighted by molar-refractivity contribution is 5.30. The van der Waals surface area contributed by atoms with Gasteiger partial charge in [0.25, 0.3) is 0 Å². The van der Waals surface area contributed by atoms with Crippen LogP contribution in [0.5, 0.6) is 5.75 Å². The summed E-state index contributed by atoms with van der Waals surface area (Å²) >= 11 is 0. The molecular formula is C10H13NO3. The number of nitrogens with zero attached hydrogens (tertiary/aromatic N) is 1. The third kappa shape index (κ3) is 2.73. The lowest BCUT2D eigenvalue weighted by molar-refractivity contribution is -0.482. The molecule has 0 aliphatic rings. The highest BCUT2D eigenvalue weighted by Gasteiger charge is 2.12. The molecule has 14 heavy (non-hydrogen) atoms. The predicted octanol–water partition coefficient (Wildman–Crippen LogP) is 2.08. The Bertz CT molecular complexity index is 325. The summed E-state index contributed by atoms with van der Waals surface area (Å²) in [6, 6.07) is 7.36. The fourth-order valence-corrected chi connectivity index (χ4v) is 1.28. The van der Waals surface area contributed by atoms with Crippen LogP contribution in [0.25, 0.3) is 0 Å².